The third kappa shape index (κ3) is 6.86. The molecule has 0 unspecified atom stereocenters. The van der Waals surface area contributed by atoms with Crippen LogP contribution in [0.25, 0.3) is 0 Å². The van der Waals surface area contributed by atoms with E-state index >= 15 is 0 Å². The first kappa shape index (κ1) is 14.5. The van der Waals surface area contributed by atoms with Gasteiger partial charge in [-0.05, 0) is 19.3 Å². The summed E-state index contributed by atoms with van der Waals surface area (Å²) in [6.45, 7) is 5.67. The number of carbonyl (C=O) groups is 2. The first-order chi connectivity index (χ1) is 7.61. The number of rotatable bonds is 8. The molecule has 1 atom stereocenters. The number of hydrogen-bond donors (Lipinski definition) is 2. The molecule has 0 aliphatic heterocycles. The lowest BCUT2D eigenvalue weighted by atomic mass is 10.2. The summed E-state index contributed by atoms with van der Waals surface area (Å²) in [6.07, 6.45) is 3.61. The molecule has 0 saturated heterocycles. The molecule has 0 aliphatic rings. The summed E-state index contributed by atoms with van der Waals surface area (Å²) in [4.78, 5) is 21.9. The first-order valence-electron chi connectivity index (χ1n) is 5.38. The number of carboxylic acid groups (broad SMARTS) is 1. The van der Waals surface area contributed by atoms with E-state index in [1.165, 1.54) is 0 Å². The maximum absolute atomic E-state index is 11.2. The van der Waals surface area contributed by atoms with E-state index in [2.05, 4.69) is 11.9 Å². The SMILES string of the molecule is C=CCCCOC(=O)N[C@@H](CCC)C(=O)O. The highest BCUT2D eigenvalue weighted by atomic mass is 16.5. The second-order valence-electron chi connectivity index (χ2n) is 3.39. The molecule has 0 radical (unpaired) electrons. The Labute approximate surface area is 95.5 Å². The summed E-state index contributed by atoms with van der Waals surface area (Å²) in [5, 5.41) is 11.1. The number of amides is 1. The number of hydrogen-bond acceptors (Lipinski definition) is 3. The molecule has 2 N–H and O–H groups in total. The van der Waals surface area contributed by atoms with E-state index in [4.69, 9.17) is 9.84 Å². The van der Waals surface area contributed by atoms with Crippen LogP contribution >= 0.6 is 0 Å². The molecule has 0 aromatic heterocycles. The van der Waals surface area contributed by atoms with Crippen molar-refractivity contribution < 1.29 is 19.4 Å². The van der Waals surface area contributed by atoms with Gasteiger partial charge in [-0.1, -0.05) is 19.4 Å². The first-order valence-corrected chi connectivity index (χ1v) is 5.38. The second-order valence-corrected chi connectivity index (χ2v) is 3.39. The predicted octanol–water partition coefficient (Wildman–Crippen LogP) is 1.93. The van der Waals surface area contributed by atoms with Crippen LogP contribution in [0.1, 0.15) is 32.6 Å². The van der Waals surface area contributed by atoms with Gasteiger partial charge in [-0.15, -0.1) is 6.58 Å². The average Bonchev–Trinajstić information content (AvgIpc) is 2.23. The number of allylic oxidation sites excluding steroid dienone is 1. The second kappa shape index (κ2) is 8.76. The highest BCUT2D eigenvalue weighted by Gasteiger charge is 2.19. The third-order valence-electron chi connectivity index (χ3n) is 1.95. The highest BCUT2D eigenvalue weighted by Crippen LogP contribution is 1.98. The van der Waals surface area contributed by atoms with Crippen molar-refractivity contribution in [2.24, 2.45) is 0 Å². The summed E-state index contributed by atoms with van der Waals surface area (Å²) in [6, 6.07) is -0.864. The molecule has 5 heteroatoms. The number of aliphatic carboxylic acids is 1. The zero-order valence-corrected chi connectivity index (χ0v) is 9.57. The van der Waals surface area contributed by atoms with Crippen molar-refractivity contribution in [2.45, 2.75) is 38.6 Å². The lowest BCUT2D eigenvalue weighted by Gasteiger charge is -2.13. The minimum Gasteiger partial charge on any atom is -0.480 e. The molecule has 1 amide bonds. The van der Waals surface area contributed by atoms with E-state index in [1.54, 1.807) is 6.08 Å². The Morgan fingerprint density at radius 2 is 2.25 bits per heavy atom. The minimum atomic E-state index is -1.04. The molecule has 0 spiro atoms. The Balaban J connectivity index is 3.81. The van der Waals surface area contributed by atoms with Crippen LogP contribution in [0, 0.1) is 0 Å². The molecule has 0 heterocycles. The normalized spacial score (nSPS) is 11.6. The largest absolute Gasteiger partial charge is 0.480 e. The van der Waals surface area contributed by atoms with Gasteiger partial charge in [-0.3, -0.25) is 0 Å². The van der Waals surface area contributed by atoms with Crippen LogP contribution in [0.2, 0.25) is 0 Å². The number of unbranched alkanes of at least 4 members (excludes halogenated alkanes) is 1. The molecule has 0 fully saturated rings. The summed E-state index contributed by atoms with van der Waals surface area (Å²) >= 11 is 0. The van der Waals surface area contributed by atoms with Crippen LogP contribution in [-0.2, 0) is 9.53 Å². The van der Waals surface area contributed by atoms with E-state index in [1.807, 2.05) is 6.92 Å². The predicted molar refractivity (Wildman–Crippen MR) is 60.2 cm³/mol. The van der Waals surface area contributed by atoms with E-state index in [-0.39, 0.29) is 6.61 Å². The summed E-state index contributed by atoms with van der Waals surface area (Å²) in [7, 11) is 0. The van der Waals surface area contributed by atoms with Crippen molar-refractivity contribution in [1.82, 2.24) is 5.32 Å². The third-order valence-corrected chi connectivity index (χ3v) is 1.95. The quantitative estimate of drug-likeness (QED) is 0.492. The van der Waals surface area contributed by atoms with Crippen LogP contribution < -0.4 is 5.32 Å². The zero-order valence-electron chi connectivity index (χ0n) is 9.57. The smallest absolute Gasteiger partial charge is 0.407 e. The van der Waals surface area contributed by atoms with E-state index in [9.17, 15) is 9.59 Å². The maximum Gasteiger partial charge on any atom is 0.407 e. The monoisotopic (exact) mass is 229 g/mol. The fourth-order valence-electron chi connectivity index (χ4n) is 1.12. The molecule has 0 rings (SSSR count). The number of alkyl carbamates (subject to hydrolysis) is 1. The Bertz CT molecular complexity index is 240. The standard InChI is InChI=1S/C11H19NO4/c1-3-5-6-8-16-11(15)12-9(7-4-2)10(13)14/h3,9H,1,4-8H2,2H3,(H,12,15)(H,13,14)/t9-/m0/s1. The maximum atomic E-state index is 11.2. The van der Waals surface area contributed by atoms with Crippen LogP contribution in [-0.4, -0.2) is 29.8 Å². The fourth-order valence-corrected chi connectivity index (χ4v) is 1.12. The van der Waals surface area contributed by atoms with Gasteiger partial charge in [0.2, 0.25) is 0 Å². The molecule has 0 aromatic rings. The average molecular weight is 229 g/mol. The molecule has 0 aromatic carbocycles. The molecule has 92 valence electrons. The van der Waals surface area contributed by atoms with Gasteiger partial charge in [-0.2, -0.15) is 0 Å². The van der Waals surface area contributed by atoms with E-state index in [0.717, 1.165) is 6.42 Å². The molecule has 0 aliphatic carbocycles. The Morgan fingerprint density at radius 3 is 2.75 bits per heavy atom. The zero-order chi connectivity index (χ0) is 12.4. The molecule has 16 heavy (non-hydrogen) atoms. The minimum absolute atomic E-state index is 0.274. The number of nitrogens with one attached hydrogen (secondary N) is 1. The van der Waals surface area contributed by atoms with Crippen molar-refractivity contribution in [2.75, 3.05) is 6.61 Å². The van der Waals surface area contributed by atoms with Crippen molar-refractivity contribution in [3.63, 3.8) is 0 Å². The topological polar surface area (TPSA) is 75.6 Å². The van der Waals surface area contributed by atoms with Gasteiger partial charge in [0.1, 0.15) is 6.04 Å². The van der Waals surface area contributed by atoms with Crippen molar-refractivity contribution in [3.05, 3.63) is 12.7 Å². The Hall–Kier alpha value is -1.52. The van der Waals surface area contributed by atoms with Gasteiger partial charge in [0, 0.05) is 0 Å². The lowest BCUT2D eigenvalue weighted by Crippen LogP contribution is -2.41. The highest BCUT2D eigenvalue weighted by molar-refractivity contribution is 5.79. The van der Waals surface area contributed by atoms with Crippen LogP contribution in [0.5, 0.6) is 0 Å². The van der Waals surface area contributed by atoms with Crippen molar-refractivity contribution in [1.29, 1.82) is 0 Å². The van der Waals surface area contributed by atoms with Crippen molar-refractivity contribution in [3.8, 4) is 0 Å². The lowest BCUT2D eigenvalue weighted by molar-refractivity contribution is -0.139. The molecule has 5 nitrogen and oxygen atoms in total. The number of ether oxygens (including phenoxy) is 1. The van der Waals surface area contributed by atoms with Gasteiger partial charge < -0.3 is 15.2 Å². The molecule has 0 bridgehead atoms. The Morgan fingerprint density at radius 1 is 1.56 bits per heavy atom. The van der Waals surface area contributed by atoms with Gasteiger partial charge in [-0.25, -0.2) is 9.59 Å². The van der Waals surface area contributed by atoms with Crippen LogP contribution in [0.15, 0.2) is 12.7 Å². The van der Waals surface area contributed by atoms with Gasteiger partial charge >= 0.3 is 12.1 Å². The van der Waals surface area contributed by atoms with Crippen molar-refractivity contribution >= 4 is 12.1 Å². The van der Waals surface area contributed by atoms with Gasteiger partial charge in [0.25, 0.3) is 0 Å². The molecular formula is C11H19NO4. The van der Waals surface area contributed by atoms with Gasteiger partial charge in [0.05, 0.1) is 6.61 Å². The summed E-state index contributed by atoms with van der Waals surface area (Å²) in [5.41, 5.74) is 0. The number of carboxylic acids is 1. The summed E-state index contributed by atoms with van der Waals surface area (Å²) < 4.78 is 4.81. The van der Waals surface area contributed by atoms with Crippen LogP contribution in [0.3, 0.4) is 0 Å². The number of carbonyl (C=O) groups excluding carboxylic acids is 1. The Kier molecular flexibility index (Phi) is 7.93. The summed E-state index contributed by atoms with van der Waals surface area (Å²) in [5.74, 6) is -1.04. The van der Waals surface area contributed by atoms with Crippen LogP contribution in [0.4, 0.5) is 4.79 Å². The van der Waals surface area contributed by atoms with E-state index in [0.29, 0.717) is 19.3 Å². The molecule has 0 saturated carbocycles. The van der Waals surface area contributed by atoms with E-state index < -0.39 is 18.1 Å². The molecular weight excluding hydrogens is 210 g/mol. The van der Waals surface area contributed by atoms with Gasteiger partial charge in [0.15, 0.2) is 0 Å². The fraction of sp³-hybridized carbons (Fsp3) is 0.636.